The Kier molecular flexibility index (Phi) is 9.58. The molecule has 26 heavy (non-hydrogen) atoms. The average Bonchev–Trinajstić information content (AvgIpc) is 3.05. The molecule has 3 atom stereocenters. The Morgan fingerprint density at radius 1 is 1.12 bits per heavy atom. The van der Waals surface area contributed by atoms with Crippen LogP contribution in [-0.2, 0) is 14.4 Å². The van der Waals surface area contributed by atoms with E-state index in [1.165, 1.54) is 4.90 Å². The Hall–Kier alpha value is -1.67. The number of nitrogens with two attached hydrogens (primary N) is 1. The average molecular weight is 371 g/mol. The molecule has 1 unspecified atom stereocenters. The van der Waals surface area contributed by atoms with Gasteiger partial charge in [-0.2, -0.15) is 0 Å². The van der Waals surface area contributed by atoms with E-state index < -0.39 is 30.1 Å². The number of aliphatic carboxylic acids is 2. The highest BCUT2D eigenvalue weighted by atomic mass is 16.4. The molecule has 0 saturated carbocycles. The van der Waals surface area contributed by atoms with E-state index in [1.54, 1.807) is 0 Å². The first-order chi connectivity index (χ1) is 12.3. The van der Waals surface area contributed by atoms with Crippen molar-refractivity contribution in [3.63, 3.8) is 0 Å². The lowest BCUT2D eigenvalue weighted by Gasteiger charge is -2.29. The highest BCUT2D eigenvalue weighted by molar-refractivity contribution is 5.88. The summed E-state index contributed by atoms with van der Waals surface area (Å²) in [4.78, 5) is 37.3. The number of unbranched alkanes of at least 4 members (excludes halogenated alkanes) is 1. The first-order valence-electron chi connectivity index (χ1n) is 9.50. The van der Waals surface area contributed by atoms with Gasteiger partial charge >= 0.3 is 11.9 Å². The van der Waals surface area contributed by atoms with Gasteiger partial charge in [0.1, 0.15) is 12.1 Å². The van der Waals surface area contributed by atoms with Crippen LogP contribution in [0.5, 0.6) is 0 Å². The molecule has 1 aliphatic heterocycles. The quantitative estimate of drug-likeness (QED) is 0.377. The summed E-state index contributed by atoms with van der Waals surface area (Å²) in [5.74, 6) is -1.95. The van der Waals surface area contributed by atoms with Gasteiger partial charge in [0.05, 0.1) is 6.04 Å². The standard InChI is InChI=1S/C18H33N3O5/c1-12(2)8-9-14(17(23)24)20-13(6-3-4-10-19)16(22)21-11-5-7-15(21)18(25)26/h12-15,20H,3-11,19H2,1-2H3,(H,23,24)(H,25,26)/t13-,14?,15-/m0/s1. The number of rotatable bonds is 12. The van der Waals surface area contributed by atoms with Crippen molar-refractivity contribution < 1.29 is 24.6 Å². The number of nitrogens with zero attached hydrogens (tertiary/aromatic N) is 1. The molecule has 8 heteroatoms. The maximum Gasteiger partial charge on any atom is 0.326 e. The third kappa shape index (κ3) is 6.92. The van der Waals surface area contributed by atoms with E-state index in [0.29, 0.717) is 51.1 Å². The monoisotopic (exact) mass is 371 g/mol. The van der Waals surface area contributed by atoms with Gasteiger partial charge in [-0.1, -0.05) is 20.3 Å². The van der Waals surface area contributed by atoms with Crippen LogP contribution in [-0.4, -0.2) is 64.2 Å². The molecule has 0 aromatic heterocycles. The van der Waals surface area contributed by atoms with Crippen LogP contribution < -0.4 is 11.1 Å². The number of amides is 1. The van der Waals surface area contributed by atoms with Crippen molar-refractivity contribution in [3.8, 4) is 0 Å². The number of likely N-dealkylation sites (tertiary alicyclic amines) is 1. The van der Waals surface area contributed by atoms with Crippen LogP contribution in [0.25, 0.3) is 0 Å². The smallest absolute Gasteiger partial charge is 0.326 e. The molecule has 1 aliphatic rings. The molecule has 0 aromatic carbocycles. The zero-order valence-electron chi connectivity index (χ0n) is 15.8. The Bertz CT molecular complexity index is 483. The summed E-state index contributed by atoms with van der Waals surface area (Å²) >= 11 is 0. The molecule has 5 N–H and O–H groups in total. The Morgan fingerprint density at radius 3 is 2.35 bits per heavy atom. The molecule has 1 heterocycles. The fraction of sp³-hybridized carbons (Fsp3) is 0.833. The van der Waals surface area contributed by atoms with Gasteiger partial charge in [0.2, 0.25) is 5.91 Å². The van der Waals surface area contributed by atoms with Crippen LogP contribution >= 0.6 is 0 Å². The van der Waals surface area contributed by atoms with Gasteiger partial charge in [-0.05, 0) is 51.0 Å². The minimum absolute atomic E-state index is 0.317. The van der Waals surface area contributed by atoms with Crippen LogP contribution in [0, 0.1) is 5.92 Å². The minimum atomic E-state index is -1.01. The molecule has 0 radical (unpaired) electrons. The lowest BCUT2D eigenvalue weighted by Crippen LogP contribution is -2.54. The van der Waals surface area contributed by atoms with Crippen LogP contribution in [0.2, 0.25) is 0 Å². The van der Waals surface area contributed by atoms with Crippen molar-refractivity contribution in [2.75, 3.05) is 13.1 Å². The lowest BCUT2D eigenvalue weighted by molar-refractivity contribution is -0.149. The van der Waals surface area contributed by atoms with Gasteiger partial charge in [-0.15, -0.1) is 0 Å². The van der Waals surface area contributed by atoms with E-state index >= 15 is 0 Å². The van der Waals surface area contributed by atoms with Crippen molar-refractivity contribution in [3.05, 3.63) is 0 Å². The highest BCUT2D eigenvalue weighted by Crippen LogP contribution is 2.20. The summed E-state index contributed by atoms with van der Waals surface area (Å²) in [6.45, 7) is 4.93. The summed E-state index contributed by atoms with van der Waals surface area (Å²) in [6.07, 6.45) is 4.11. The normalized spacial score (nSPS) is 19.5. The van der Waals surface area contributed by atoms with Gasteiger partial charge in [-0.3, -0.25) is 14.9 Å². The third-order valence-corrected chi connectivity index (χ3v) is 4.80. The number of hydrogen-bond donors (Lipinski definition) is 4. The van der Waals surface area contributed by atoms with Crippen LogP contribution in [0.4, 0.5) is 0 Å². The highest BCUT2D eigenvalue weighted by Gasteiger charge is 2.38. The van der Waals surface area contributed by atoms with Gasteiger partial charge in [0.25, 0.3) is 0 Å². The Morgan fingerprint density at radius 2 is 1.81 bits per heavy atom. The summed E-state index contributed by atoms with van der Waals surface area (Å²) in [5, 5.41) is 21.8. The molecule has 1 amide bonds. The lowest BCUT2D eigenvalue weighted by atomic mass is 10.0. The second kappa shape index (κ2) is 11.1. The predicted molar refractivity (Wildman–Crippen MR) is 97.7 cm³/mol. The largest absolute Gasteiger partial charge is 0.480 e. The van der Waals surface area contributed by atoms with Crippen molar-refractivity contribution in [2.24, 2.45) is 11.7 Å². The van der Waals surface area contributed by atoms with Gasteiger partial charge in [0, 0.05) is 6.54 Å². The summed E-state index contributed by atoms with van der Waals surface area (Å²) in [7, 11) is 0. The van der Waals surface area contributed by atoms with Crippen molar-refractivity contribution in [2.45, 2.75) is 76.9 Å². The molecular formula is C18H33N3O5. The zero-order valence-corrected chi connectivity index (χ0v) is 15.8. The van der Waals surface area contributed by atoms with E-state index in [4.69, 9.17) is 5.73 Å². The maximum absolute atomic E-state index is 12.9. The fourth-order valence-corrected chi connectivity index (χ4v) is 3.28. The number of carbonyl (C=O) groups is 3. The molecule has 8 nitrogen and oxygen atoms in total. The van der Waals surface area contributed by atoms with Gasteiger partial charge < -0.3 is 20.8 Å². The minimum Gasteiger partial charge on any atom is -0.480 e. The Balaban J connectivity index is 2.85. The molecule has 0 aromatic rings. The summed E-state index contributed by atoms with van der Waals surface area (Å²) in [5.41, 5.74) is 5.52. The summed E-state index contributed by atoms with van der Waals surface area (Å²) < 4.78 is 0. The van der Waals surface area contributed by atoms with Crippen LogP contribution in [0.3, 0.4) is 0 Å². The molecule has 1 fully saturated rings. The predicted octanol–water partition coefficient (Wildman–Crippen LogP) is 1.04. The van der Waals surface area contributed by atoms with Gasteiger partial charge in [0.15, 0.2) is 0 Å². The second-order valence-corrected chi connectivity index (χ2v) is 7.39. The SMILES string of the molecule is CC(C)CCC(N[C@@H](CCCCN)C(=O)N1CCC[C@H]1C(=O)O)C(=O)O. The molecule has 0 spiro atoms. The molecular weight excluding hydrogens is 338 g/mol. The second-order valence-electron chi connectivity index (χ2n) is 7.39. The topological polar surface area (TPSA) is 133 Å². The van der Waals surface area contributed by atoms with E-state index in [0.717, 1.165) is 12.8 Å². The van der Waals surface area contributed by atoms with E-state index in [2.05, 4.69) is 5.32 Å². The third-order valence-electron chi connectivity index (χ3n) is 4.80. The first-order valence-corrected chi connectivity index (χ1v) is 9.50. The molecule has 1 rings (SSSR count). The van der Waals surface area contributed by atoms with Crippen LogP contribution in [0.15, 0.2) is 0 Å². The van der Waals surface area contributed by atoms with Crippen molar-refractivity contribution >= 4 is 17.8 Å². The van der Waals surface area contributed by atoms with Crippen molar-refractivity contribution in [1.29, 1.82) is 0 Å². The van der Waals surface area contributed by atoms with E-state index in [-0.39, 0.29) is 5.91 Å². The van der Waals surface area contributed by atoms with E-state index in [9.17, 15) is 24.6 Å². The fourth-order valence-electron chi connectivity index (χ4n) is 3.28. The maximum atomic E-state index is 12.9. The number of carboxylic acids is 2. The number of carboxylic acid groups (broad SMARTS) is 2. The Labute approximate surface area is 155 Å². The summed E-state index contributed by atoms with van der Waals surface area (Å²) in [6, 6.07) is -2.34. The zero-order chi connectivity index (χ0) is 19.7. The molecule has 0 bridgehead atoms. The van der Waals surface area contributed by atoms with E-state index in [1.807, 2.05) is 13.8 Å². The number of nitrogens with one attached hydrogen (secondary N) is 1. The van der Waals surface area contributed by atoms with Crippen LogP contribution in [0.1, 0.15) is 58.8 Å². The molecule has 1 saturated heterocycles. The van der Waals surface area contributed by atoms with Crippen molar-refractivity contribution in [1.82, 2.24) is 10.2 Å². The first kappa shape index (κ1) is 22.4. The molecule has 0 aliphatic carbocycles. The number of carbonyl (C=O) groups excluding carboxylic acids is 1. The van der Waals surface area contributed by atoms with Gasteiger partial charge in [-0.25, -0.2) is 4.79 Å². The molecule has 150 valence electrons. The number of hydrogen-bond acceptors (Lipinski definition) is 5.